The summed E-state index contributed by atoms with van der Waals surface area (Å²) in [6.07, 6.45) is 36.4. The normalized spacial score (nSPS) is 19.9. The molecule has 1 aliphatic rings. The number of carbonyl (C=O) groups is 2. The highest BCUT2D eigenvalue weighted by Gasteiger charge is 2.44. The summed E-state index contributed by atoms with van der Waals surface area (Å²) < 4.78 is 22.2. The largest absolute Gasteiger partial charge is 0.462 e. The molecule has 0 bridgehead atoms. The first-order valence-corrected chi connectivity index (χ1v) is 23.8. The van der Waals surface area contributed by atoms with Gasteiger partial charge < -0.3 is 39.4 Å². The second-order valence-electron chi connectivity index (χ2n) is 16.3. The van der Waals surface area contributed by atoms with E-state index in [1.54, 1.807) is 0 Å². The van der Waals surface area contributed by atoms with Crippen LogP contribution in [0.3, 0.4) is 0 Å². The maximum Gasteiger partial charge on any atom is 0.306 e. The van der Waals surface area contributed by atoms with Gasteiger partial charge in [0, 0.05) is 12.8 Å². The molecule has 0 amide bonds. The number of rotatable bonds is 39. The molecule has 0 aromatic heterocycles. The van der Waals surface area contributed by atoms with Gasteiger partial charge in [0.2, 0.25) is 0 Å². The second-order valence-corrected chi connectivity index (χ2v) is 16.3. The van der Waals surface area contributed by atoms with Crippen molar-refractivity contribution in [3.63, 3.8) is 0 Å². The van der Waals surface area contributed by atoms with Crippen molar-refractivity contribution < 1.29 is 49.0 Å². The molecule has 1 fully saturated rings. The van der Waals surface area contributed by atoms with Crippen LogP contribution in [-0.2, 0) is 28.5 Å². The Balaban J connectivity index is 2.32. The number of esters is 2. The molecule has 342 valence electrons. The smallest absolute Gasteiger partial charge is 0.306 e. The Morgan fingerprint density at radius 1 is 0.576 bits per heavy atom. The Morgan fingerprint density at radius 2 is 1.05 bits per heavy atom. The molecule has 6 atom stereocenters. The first-order chi connectivity index (χ1) is 28.8. The van der Waals surface area contributed by atoms with Crippen molar-refractivity contribution in [2.24, 2.45) is 0 Å². The van der Waals surface area contributed by atoms with E-state index in [0.717, 1.165) is 70.6 Å². The number of aliphatic hydroxyl groups is 4. The summed E-state index contributed by atoms with van der Waals surface area (Å²) in [6, 6.07) is 0. The summed E-state index contributed by atoms with van der Waals surface area (Å²) in [5.74, 6) is -0.830. The van der Waals surface area contributed by atoms with Crippen molar-refractivity contribution in [2.75, 3.05) is 19.8 Å². The van der Waals surface area contributed by atoms with E-state index >= 15 is 0 Å². The van der Waals surface area contributed by atoms with Crippen LogP contribution in [0, 0.1) is 0 Å². The Labute approximate surface area is 358 Å². The van der Waals surface area contributed by atoms with Crippen molar-refractivity contribution in [2.45, 2.75) is 237 Å². The summed E-state index contributed by atoms with van der Waals surface area (Å²) >= 11 is 0. The molecule has 0 aliphatic carbocycles. The van der Waals surface area contributed by atoms with Gasteiger partial charge in [-0.15, -0.1) is 5.73 Å². The fourth-order valence-corrected chi connectivity index (χ4v) is 6.96. The van der Waals surface area contributed by atoms with Gasteiger partial charge in [-0.05, 0) is 82.8 Å². The van der Waals surface area contributed by atoms with E-state index in [-0.39, 0.29) is 26.1 Å². The Kier molecular flexibility index (Phi) is 36.9. The molecule has 10 nitrogen and oxygen atoms in total. The molecule has 1 rings (SSSR count). The van der Waals surface area contributed by atoms with Gasteiger partial charge in [-0.2, -0.15) is 0 Å². The summed E-state index contributed by atoms with van der Waals surface area (Å²) in [6.45, 7) is 3.36. The van der Waals surface area contributed by atoms with Gasteiger partial charge >= 0.3 is 11.9 Å². The van der Waals surface area contributed by atoms with Crippen molar-refractivity contribution in [3.8, 4) is 0 Å². The van der Waals surface area contributed by atoms with Crippen LogP contribution in [0.2, 0.25) is 0 Å². The summed E-state index contributed by atoms with van der Waals surface area (Å²) in [4.78, 5) is 25.4. The molecule has 0 spiro atoms. The zero-order chi connectivity index (χ0) is 43.0. The summed E-state index contributed by atoms with van der Waals surface area (Å²) in [7, 11) is 0. The molecule has 0 saturated carbocycles. The third kappa shape index (κ3) is 31.2. The van der Waals surface area contributed by atoms with Crippen LogP contribution < -0.4 is 0 Å². The van der Waals surface area contributed by atoms with E-state index in [0.29, 0.717) is 12.8 Å². The number of hydrogen-bond donors (Lipinski definition) is 4. The zero-order valence-electron chi connectivity index (χ0n) is 37.3. The highest BCUT2D eigenvalue weighted by atomic mass is 16.7. The molecule has 0 aromatic rings. The minimum Gasteiger partial charge on any atom is -0.462 e. The van der Waals surface area contributed by atoms with Crippen molar-refractivity contribution in [1.82, 2.24) is 0 Å². The van der Waals surface area contributed by atoms with Crippen molar-refractivity contribution >= 4 is 11.9 Å². The quantitative estimate of drug-likeness (QED) is 0.0204. The summed E-state index contributed by atoms with van der Waals surface area (Å²) in [5, 5.41) is 40.1. The lowest BCUT2D eigenvalue weighted by Gasteiger charge is -2.39. The lowest BCUT2D eigenvalue weighted by atomic mass is 9.99. The van der Waals surface area contributed by atoms with Crippen molar-refractivity contribution in [3.05, 3.63) is 42.2 Å². The van der Waals surface area contributed by atoms with Gasteiger partial charge in [0.25, 0.3) is 0 Å². The molecule has 1 saturated heterocycles. The van der Waals surface area contributed by atoms with E-state index in [1.165, 1.54) is 89.9 Å². The van der Waals surface area contributed by atoms with Gasteiger partial charge in [-0.1, -0.05) is 141 Å². The molecule has 0 radical (unpaired) electrons. The fraction of sp³-hybridized carbons (Fsp3) is 0.816. The maximum atomic E-state index is 12.8. The first kappa shape index (κ1) is 54.7. The topological polar surface area (TPSA) is 152 Å². The number of ether oxygens (including phenoxy) is 4. The molecule has 0 aromatic carbocycles. The second kappa shape index (κ2) is 39.8. The van der Waals surface area contributed by atoms with E-state index in [2.05, 4.69) is 56.0 Å². The molecule has 2 unspecified atom stereocenters. The molecular formula is C49H86O10. The van der Waals surface area contributed by atoms with Gasteiger partial charge in [-0.25, -0.2) is 0 Å². The van der Waals surface area contributed by atoms with Crippen LogP contribution >= 0.6 is 0 Å². The van der Waals surface area contributed by atoms with Crippen LogP contribution in [-0.4, -0.2) is 89.0 Å². The van der Waals surface area contributed by atoms with Crippen LogP contribution in [0.25, 0.3) is 0 Å². The predicted molar refractivity (Wildman–Crippen MR) is 237 cm³/mol. The third-order valence-corrected chi connectivity index (χ3v) is 10.8. The van der Waals surface area contributed by atoms with E-state index in [1.807, 2.05) is 0 Å². The lowest BCUT2D eigenvalue weighted by Crippen LogP contribution is -2.59. The molecular weight excluding hydrogens is 749 g/mol. The van der Waals surface area contributed by atoms with Crippen LogP contribution in [0.15, 0.2) is 42.2 Å². The van der Waals surface area contributed by atoms with Crippen LogP contribution in [0.5, 0.6) is 0 Å². The van der Waals surface area contributed by atoms with Crippen LogP contribution in [0.1, 0.15) is 200 Å². The monoisotopic (exact) mass is 835 g/mol. The zero-order valence-corrected chi connectivity index (χ0v) is 37.3. The third-order valence-electron chi connectivity index (χ3n) is 10.8. The highest BCUT2D eigenvalue weighted by Crippen LogP contribution is 2.23. The minimum atomic E-state index is -1.60. The number of hydrogen-bond acceptors (Lipinski definition) is 10. The SMILES string of the molecule is CCCCC/C=C/C/C=C/CCCCCCCCCCCC(=O)O[C@H](COC(=O)CCCCCCCC=C=CCCCCCCC)CO[C@@H]1O[C@H](CO)[C@H](O)C(O)C1O. The molecule has 10 heteroatoms. The fourth-order valence-electron chi connectivity index (χ4n) is 6.96. The minimum absolute atomic E-state index is 0.220. The maximum absolute atomic E-state index is 12.8. The number of aliphatic hydroxyl groups excluding tert-OH is 4. The average molecular weight is 835 g/mol. The van der Waals surface area contributed by atoms with E-state index in [4.69, 9.17) is 18.9 Å². The van der Waals surface area contributed by atoms with Crippen molar-refractivity contribution in [1.29, 1.82) is 0 Å². The van der Waals surface area contributed by atoms with Gasteiger partial charge in [0.1, 0.15) is 31.0 Å². The standard InChI is InChI=1S/C49H86O10/c1-3-5-7-9-11-13-15-17-19-20-21-22-24-26-28-30-32-34-36-38-45(52)58-42(41-57-49-48(55)47(54)46(53)43(39-50)59-49)40-56-44(51)37-35-33-31-29-27-25-23-18-16-14-12-10-8-6-4-2/h11,13,16-17,19,23,42-43,46-50,53-55H,3-10,12,14-15,20-22,24-41H2,1-2H3/b13-11+,19-17+/t18?,42-,43-,46+,47?,48?,49-/m1/s1. The average Bonchev–Trinajstić information content (AvgIpc) is 3.23. The Morgan fingerprint density at radius 3 is 1.61 bits per heavy atom. The van der Waals surface area contributed by atoms with E-state index < -0.39 is 55.4 Å². The van der Waals surface area contributed by atoms with Gasteiger partial charge in [-0.3, -0.25) is 9.59 Å². The number of allylic oxidation sites excluding steroid dienone is 5. The molecule has 4 N–H and O–H groups in total. The summed E-state index contributed by atoms with van der Waals surface area (Å²) in [5.41, 5.74) is 3.30. The molecule has 1 heterocycles. The number of carbonyl (C=O) groups excluding carboxylic acids is 2. The first-order valence-electron chi connectivity index (χ1n) is 23.8. The van der Waals surface area contributed by atoms with E-state index in [9.17, 15) is 30.0 Å². The lowest BCUT2D eigenvalue weighted by molar-refractivity contribution is -0.305. The molecule has 59 heavy (non-hydrogen) atoms. The van der Waals surface area contributed by atoms with Gasteiger partial charge in [0.05, 0.1) is 13.2 Å². The Hall–Kier alpha value is -2.30. The molecule has 1 aliphatic heterocycles. The highest BCUT2D eigenvalue weighted by molar-refractivity contribution is 5.70. The number of unbranched alkanes of at least 4 members (excludes halogenated alkanes) is 22. The predicted octanol–water partition coefficient (Wildman–Crippen LogP) is 10.4. The van der Waals surface area contributed by atoms with Gasteiger partial charge in [0.15, 0.2) is 12.4 Å². The Bertz CT molecular complexity index is 1110. The van der Waals surface area contributed by atoms with Crippen LogP contribution in [0.4, 0.5) is 0 Å².